The number of halogens is 2. The van der Waals surface area contributed by atoms with E-state index in [1.165, 1.54) is 6.08 Å². The number of carbonyl (C=O) groups excluding carboxylic acids is 2. The molecular weight excluding hydrogens is 461 g/mol. The number of carbonyl (C=O) groups is 2. The number of nitrogens with one attached hydrogen (secondary N) is 3. The van der Waals surface area contributed by atoms with E-state index in [1.807, 2.05) is 12.1 Å². The molecule has 0 aromatic heterocycles. The zero-order valence-corrected chi connectivity index (χ0v) is 18.9. The van der Waals surface area contributed by atoms with Gasteiger partial charge in [-0.2, -0.15) is 0 Å². The first-order chi connectivity index (χ1) is 14.9. The lowest BCUT2D eigenvalue weighted by Gasteiger charge is -2.10. The van der Waals surface area contributed by atoms with Gasteiger partial charge in [-0.3, -0.25) is 25.8 Å². The summed E-state index contributed by atoms with van der Waals surface area (Å²) >= 11 is 16.8. The minimum Gasteiger partial charge on any atom is -0.497 e. The molecule has 0 aliphatic rings. The first-order valence-corrected chi connectivity index (χ1v) is 10.3. The van der Waals surface area contributed by atoms with Crippen LogP contribution in [-0.2, 0) is 9.59 Å². The lowest BCUT2D eigenvalue weighted by Crippen LogP contribution is -2.48. The van der Waals surface area contributed by atoms with Gasteiger partial charge >= 0.3 is 0 Å². The zero-order chi connectivity index (χ0) is 22.6. The predicted octanol–water partition coefficient (Wildman–Crippen LogP) is 3.90. The van der Waals surface area contributed by atoms with E-state index in [0.29, 0.717) is 28.8 Å². The van der Waals surface area contributed by atoms with E-state index in [0.717, 1.165) is 11.3 Å². The Hall–Kier alpha value is -2.81. The van der Waals surface area contributed by atoms with Crippen molar-refractivity contribution in [3.8, 4) is 11.5 Å². The molecule has 2 amide bonds. The second-order valence-corrected chi connectivity index (χ2v) is 7.38. The van der Waals surface area contributed by atoms with Gasteiger partial charge in [0.25, 0.3) is 0 Å². The fourth-order valence-electron chi connectivity index (χ4n) is 2.27. The van der Waals surface area contributed by atoms with Crippen LogP contribution in [-0.4, -0.2) is 30.6 Å². The molecule has 0 atom stereocenters. The van der Waals surface area contributed by atoms with Crippen molar-refractivity contribution in [2.45, 2.75) is 12.8 Å². The Kier molecular flexibility index (Phi) is 10.1. The van der Waals surface area contributed by atoms with Gasteiger partial charge in [0.2, 0.25) is 11.8 Å². The number of hydrogen-bond donors (Lipinski definition) is 3. The number of amides is 2. The average molecular weight is 482 g/mol. The van der Waals surface area contributed by atoms with E-state index >= 15 is 0 Å². The van der Waals surface area contributed by atoms with E-state index in [2.05, 4.69) is 16.2 Å². The van der Waals surface area contributed by atoms with Crippen LogP contribution in [0.2, 0.25) is 10.0 Å². The third kappa shape index (κ3) is 9.25. The van der Waals surface area contributed by atoms with Gasteiger partial charge in [0, 0.05) is 17.5 Å². The van der Waals surface area contributed by atoms with Crippen LogP contribution in [0.15, 0.2) is 48.5 Å². The molecule has 2 rings (SSSR count). The van der Waals surface area contributed by atoms with E-state index in [1.54, 1.807) is 43.5 Å². The fraction of sp³-hybridized carbons (Fsp3) is 0.190. The van der Waals surface area contributed by atoms with E-state index in [-0.39, 0.29) is 17.4 Å². The van der Waals surface area contributed by atoms with Crippen LogP contribution in [0, 0.1) is 0 Å². The summed E-state index contributed by atoms with van der Waals surface area (Å²) in [4.78, 5) is 23.7. The molecule has 0 saturated heterocycles. The quantitative estimate of drug-likeness (QED) is 0.229. The summed E-state index contributed by atoms with van der Waals surface area (Å²) < 4.78 is 10.6. The highest BCUT2D eigenvalue weighted by Crippen LogP contribution is 2.27. The smallest absolute Gasteiger partial charge is 0.250 e. The van der Waals surface area contributed by atoms with Crippen molar-refractivity contribution < 1.29 is 19.1 Å². The summed E-state index contributed by atoms with van der Waals surface area (Å²) in [6, 6.07) is 12.1. The van der Waals surface area contributed by atoms with Crippen LogP contribution in [0.3, 0.4) is 0 Å². The van der Waals surface area contributed by atoms with Crippen LogP contribution >= 0.6 is 35.4 Å². The van der Waals surface area contributed by atoms with Crippen molar-refractivity contribution in [3.63, 3.8) is 0 Å². The summed E-state index contributed by atoms with van der Waals surface area (Å²) in [5.74, 6) is 0.478. The van der Waals surface area contributed by atoms with Gasteiger partial charge < -0.3 is 9.47 Å². The fourth-order valence-corrected chi connectivity index (χ4v) is 2.88. The Labute approximate surface area is 195 Å². The van der Waals surface area contributed by atoms with E-state index in [4.69, 9.17) is 44.9 Å². The summed E-state index contributed by atoms with van der Waals surface area (Å²) in [5, 5.41) is 3.33. The van der Waals surface area contributed by atoms with Crippen LogP contribution < -0.4 is 25.6 Å². The maximum Gasteiger partial charge on any atom is 0.250 e. The molecule has 0 bridgehead atoms. The topological polar surface area (TPSA) is 88.7 Å². The third-order valence-electron chi connectivity index (χ3n) is 3.79. The van der Waals surface area contributed by atoms with Gasteiger partial charge in [-0.15, -0.1) is 0 Å². The first kappa shape index (κ1) is 24.5. The maximum absolute atomic E-state index is 11.9. The molecule has 2 aromatic carbocycles. The molecule has 0 aliphatic carbocycles. The lowest BCUT2D eigenvalue weighted by molar-refractivity contribution is -0.122. The number of hydrazine groups is 1. The molecule has 7 nitrogen and oxygen atoms in total. The number of thiocarbonyl (C=S) groups is 1. The summed E-state index contributed by atoms with van der Waals surface area (Å²) in [5.41, 5.74) is 5.71. The van der Waals surface area contributed by atoms with E-state index in [9.17, 15) is 9.59 Å². The van der Waals surface area contributed by atoms with Gasteiger partial charge in [-0.1, -0.05) is 35.3 Å². The molecule has 0 unspecified atom stereocenters. The van der Waals surface area contributed by atoms with Gasteiger partial charge in [0.05, 0.1) is 18.7 Å². The molecule has 0 aliphatic heterocycles. The standard InChI is InChI=1S/C21H21Cl2N3O4S/c1-29-16-8-4-14(5-9-16)6-11-19(27)24-21(31)26-25-20(28)3-2-12-30-18-10-7-15(22)13-17(18)23/h4-11,13H,2-3,12H2,1H3,(H,25,28)(H2,24,26,27,31)/b11-6+. The number of benzene rings is 2. The maximum atomic E-state index is 11.9. The molecule has 0 saturated carbocycles. The molecule has 2 aromatic rings. The zero-order valence-electron chi connectivity index (χ0n) is 16.6. The number of hydrogen-bond acceptors (Lipinski definition) is 5. The molecule has 164 valence electrons. The monoisotopic (exact) mass is 481 g/mol. The lowest BCUT2D eigenvalue weighted by atomic mass is 10.2. The Balaban J connectivity index is 1.62. The van der Waals surface area contributed by atoms with Gasteiger partial charge in [-0.05, 0) is 60.6 Å². The molecule has 0 radical (unpaired) electrons. The predicted molar refractivity (Wildman–Crippen MR) is 125 cm³/mol. The molecular formula is C21H21Cl2N3O4S. The highest BCUT2D eigenvalue weighted by atomic mass is 35.5. The molecule has 31 heavy (non-hydrogen) atoms. The molecule has 0 heterocycles. The van der Waals surface area contributed by atoms with Crippen LogP contribution in [0.4, 0.5) is 0 Å². The van der Waals surface area contributed by atoms with Crippen LogP contribution in [0.1, 0.15) is 18.4 Å². The Morgan fingerprint density at radius 1 is 1.10 bits per heavy atom. The average Bonchev–Trinajstić information content (AvgIpc) is 2.75. The first-order valence-electron chi connectivity index (χ1n) is 9.17. The molecule has 0 spiro atoms. The Morgan fingerprint density at radius 2 is 1.84 bits per heavy atom. The van der Waals surface area contributed by atoms with Crippen molar-refractivity contribution in [2.75, 3.05) is 13.7 Å². The van der Waals surface area contributed by atoms with E-state index < -0.39 is 5.91 Å². The third-order valence-corrected chi connectivity index (χ3v) is 4.53. The second-order valence-electron chi connectivity index (χ2n) is 6.12. The van der Waals surface area contributed by atoms with Crippen molar-refractivity contribution in [1.29, 1.82) is 0 Å². The van der Waals surface area contributed by atoms with Gasteiger partial charge in [0.15, 0.2) is 5.11 Å². The van der Waals surface area contributed by atoms with Crippen molar-refractivity contribution in [1.82, 2.24) is 16.2 Å². The minimum absolute atomic E-state index is 0.0260. The Morgan fingerprint density at radius 3 is 2.52 bits per heavy atom. The highest BCUT2D eigenvalue weighted by Gasteiger charge is 2.06. The second kappa shape index (κ2) is 12.8. The van der Waals surface area contributed by atoms with Gasteiger partial charge in [0.1, 0.15) is 11.5 Å². The summed E-state index contributed by atoms with van der Waals surface area (Å²) in [6.45, 7) is 0.298. The van der Waals surface area contributed by atoms with Crippen LogP contribution in [0.5, 0.6) is 11.5 Å². The summed E-state index contributed by atoms with van der Waals surface area (Å²) in [6.07, 6.45) is 3.60. The van der Waals surface area contributed by atoms with Crippen molar-refractivity contribution in [2.24, 2.45) is 0 Å². The largest absolute Gasteiger partial charge is 0.497 e. The number of methoxy groups -OCH3 is 1. The SMILES string of the molecule is COc1ccc(/C=C/C(=O)NC(=S)NNC(=O)CCCOc2ccc(Cl)cc2Cl)cc1. The molecule has 10 heteroatoms. The highest BCUT2D eigenvalue weighted by molar-refractivity contribution is 7.80. The Bertz CT molecular complexity index is 952. The van der Waals surface area contributed by atoms with Crippen molar-refractivity contribution >= 4 is 58.4 Å². The normalized spacial score (nSPS) is 10.4. The van der Waals surface area contributed by atoms with Crippen molar-refractivity contribution in [3.05, 3.63) is 64.1 Å². The van der Waals surface area contributed by atoms with Gasteiger partial charge in [-0.25, -0.2) is 0 Å². The molecule has 0 fully saturated rings. The minimum atomic E-state index is -0.434. The number of rotatable bonds is 8. The molecule has 3 N–H and O–H groups in total. The number of ether oxygens (including phenoxy) is 2. The summed E-state index contributed by atoms with van der Waals surface area (Å²) in [7, 11) is 1.58. The van der Waals surface area contributed by atoms with Crippen LogP contribution in [0.25, 0.3) is 6.08 Å².